The van der Waals surface area contributed by atoms with E-state index in [1.165, 1.54) is 46.6 Å². The monoisotopic (exact) mass is 590 g/mol. The number of hydrogen-bond acceptors (Lipinski definition) is 7. The third-order valence-corrected chi connectivity index (χ3v) is 9.95. The van der Waals surface area contributed by atoms with E-state index < -0.39 is 27.2 Å². The number of hydrogen-bond donors (Lipinski definition) is 1. The number of pyridine rings is 1. The maximum absolute atomic E-state index is 13.6. The molecule has 14 heteroatoms. The fourth-order valence-corrected chi connectivity index (χ4v) is 7.74. The molecule has 5 aromatic rings. The molecule has 1 amide bonds. The van der Waals surface area contributed by atoms with E-state index in [4.69, 9.17) is 0 Å². The van der Waals surface area contributed by atoms with Gasteiger partial charge in [-0.05, 0) is 72.5 Å². The van der Waals surface area contributed by atoms with E-state index in [1.54, 1.807) is 23.0 Å². The lowest BCUT2D eigenvalue weighted by atomic mass is 9.88. The SMILES string of the molecule is Cc1cc2c(cnn2-c2ccc(F)cc2)cc1[C@@]12CN(S(=O)(=O)c3cnn(C)n3)C[C@@H]1[C@H]2C(=O)Nc1ccc(F)cn1. The van der Waals surface area contributed by atoms with Gasteiger partial charge in [-0.1, -0.05) is 0 Å². The average molecular weight is 591 g/mol. The van der Waals surface area contributed by atoms with Crippen LogP contribution in [0, 0.1) is 30.4 Å². The Morgan fingerprint density at radius 2 is 1.79 bits per heavy atom. The molecule has 1 N–H and O–H groups in total. The van der Waals surface area contributed by atoms with Crippen LogP contribution in [0.1, 0.15) is 11.1 Å². The Morgan fingerprint density at radius 3 is 2.48 bits per heavy atom. The number of rotatable bonds is 6. The number of sulfonamides is 1. The molecule has 42 heavy (non-hydrogen) atoms. The number of fused-ring (bicyclic) bond motifs is 2. The Kier molecular flexibility index (Phi) is 5.79. The molecular weight excluding hydrogens is 566 g/mol. The third-order valence-electron chi connectivity index (χ3n) is 8.28. The van der Waals surface area contributed by atoms with Crippen molar-refractivity contribution in [3.63, 3.8) is 0 Å². The second-order valence-electron chi connectivity index (χ2n) is 10.7. The van der Waals surface area contributed by atoms with E-state index in [1.807, 2.05) is 19.1 Å². The number of benzene rings is 2. The number of amides is 1. The average Bonchev–Trinajstić information content (AvgIpc) is 3.38. The second-order valence-corrected chi connectivity index (χ2v) is 12.6. The summed E-state index contributed by atoms with van der Waals surface area (Å²) in [5.41, 5.74) is 2.34. The molecule has 1 aliphatic carbocycles. The zero-order chi connectivity index (χ0) is 29.4. The third kappa shape index (κ3) is 4.01. The first kappa shape index (κ1) is 26.3. The Hall–Kier alpha value is -4.56. The van der Waals surface area contributed by atoms with Crippen LogP contribution in [0.15, 0.2) is 72.1 Å². The van der Waals surface area contributed by atoms with Gasteiger partial charge in [-0.25, -0.2) is 26.9 Å². The highest BCUT2D eigenvalue weighted by molar-refractivity contribution is 7.89. The number of aryl methyl sites for hydroxylation is 2. The van der Waals surface area contributed by atoms with Crippen molar-refractivity contribution in [1.82, 2.24) is 34.1 Å². The number of nitrogens with one attached hydrogen (secondary N) is 1. The minimum Gasteiger partial charge on any atom is -0.310 e. The fourth-order valence-electron chi connectivity index (χ4n) is 6.33. The predicted molar refractivity (Wildman–Crippen MR) is 147 cm³/mol. The largest absolute Gasteiger partial charge is 0.310 e. The van der Waals surface area contributed by atoms with Crippen LogP contribution < -0.4 is 5.32 Å². The number of anilines is 1. The van der Waals surface area contributed by atoms with Gasteiger partial charge in [0, 0.05) is 30.9 Å². The maximum Gasteiger partial charge on any atom is 0.264 e. The van der Waals surface area contributed by atoms with E-state index >= 15 is 0 Å². The van der Waals surface area contributed by atoms with Crippen LogP contribution in [0.4, 0.5) is 14.6 Å². The van der Waals surface area contributed by atoms with Gasteiger partial charge in [0.05, 0.1) is 35.7 Å². The van der Waals surface area contributed by atoms with Gasteiger partial charge in [0.25, 0.3) is 10.0 Å². The van der Waals surface area contributed by atoms with Gasteiger partial charge >= 0.3 is 0 Å². The number of carbonyl (C=O) groups is 1. The Labute approximate surface area is 238 Å². The lowest BCUT2D eigenvalue weighted by Crippen LogP contribution is -2.37. The first-order valence-corrected chi connectivity index (χ1v) is 14.6. The Bertz CT molecular complexity index is 1970. The summed E-state index contributed by atoms with van der Waals surface area (Å²) in [5, 5.41) is 15.8. The van der Waals surface area contributed by atoms with Crippen LogP contribution in [-0.4, -0.2) is 61.5 Å². The van der Waals surface area contributed by atoms with Gasteiger partial charge in [-0.3, -0.25) is 4.79 Å². The smallest absolute Gasteiger partial charge is 0.264 e. The van der Waals surface area contributed by atoms with Crippen LogP contribution >= 0.6 is 0 Å². The highest BCUT2D eigenvalue weighted by Crippen LogP contribution is 2.65. The molecule has 2 aliphatic rings. The van der Waals surface area contributed by atoms with Gasteiger partial charge in [0.1, 0.15) is 17.5 Å². The van der Waals surface area contributed by atoms with Gasteiger partial charge in [0.15, 0.2) is 0 Å². The van der Waals surface area contributed by atoms with Crippen molar-refractivity contribution >= 4 is 32.7 Å². The van der Waals surface area contributed by atoms with Crippen molar-refractivity contribution in [3.8, 4) is 5.69 Å². The molecule has 0 spiro atoms. The minimum absolute atomic E-state index is 0.0595. The lowest BCUT2D eigenvalue weighted by molar-refractivity contribution is -0.118. The molecule has 1 aliphatic heterocycles. The molecule has 214 valence electrons. The molecule has 0 bridgehead atoms. The van der Waals surface area contributed by atoms with E-state index in [2.05, 4.69) is 25.6 Å². The van der Waals surface area contributed by atoms with E-state index in [9.17, 15) is 22.0 Å². The zero-order valence-corrected chi connectivity index (χ0v) is 23.3. The number of halogens is 2. The van der Waals surface area contributed by atoms with Crippen molar-refractivity contribution in [2.24, 2.45) is 18.9 Å². The topological polar surface area (TPSA) is 128 Å². The van der Waals surface area contributed by atoms with Crippen LogP contribution in [-0.2, 0) is 27.3 Å². The predicted octanol–water partition coefficient (Wildman–Crippen LogP) is 2.96. The van der Waals surface area contributed by atoms with Gasteiger partial charge in [-0.15, -0.1) is 5.10 Å². The quantitative estimate of drug-likeness (QED) is 0.322. The molecule has 1 saturated heterocycles. The lowest BCUT2D eigenvalue weighted by Gasteiger charge is -2.24. The summed E-state index contributed by atoms with van der Waals surface area (Å²) < 4.78 is 57.0. The molecule has 0 radical (unpaired) electrons. The van der Waals surface area contributed by atoms with Crippen molar-refractivity contribution in [2.45, 2.75) is 17.4 Å². The van der Waals surface area contributed by atoms with Crippen molar-refractivity contribution in [1.29, 1.82) is 0 Å². The summed E-state index contributed by atoms with van der Waals surface area (Å²) in [6.45, 7) is 2.08. The minimum atomic E-state index is -3.96. The summed E-state index contributed by atoms with van der Waals surface area (Å²) >= 11 is 0. The van der Waals surface area contributed by atoms with Gasteiger partial charge in [-0.2, -0.15) is 19.3 Å². The molecule has 3 aromatic heterocycles. The molecule has 3 atom stereocenters. The molecule has 11 nitrogen and oxygen atoms in total. The van der Waals surface area contributed by atoms with E-state index in [0.717, 1.165) is 28.2 Å². The first-order valence-electron chi connectivity index (χ1n) is 13.1. The van der Waals surface area contributed by atoms with Crippen molar-refractivity contribution in [2.75, 3.05) is 18.4 Å². The highest BCUT2D eigenvalue weighted by atomic mass is 32.2. The number of carbonyl (C=O) groups excluding carboxylic acids is 1. The Morgan fingerprint density at radius 1 is 1.02 bits per heavy atom. The van der Waals surface area contributed by atoms with Crippen molar-refractivity contribution < 1.29 is 22.0 Å². The van der Waals surface area contributed by atoms with Crippen LogP contribution in [0.5, 0.6) is 0 Å². The number of aromatic nitrogens is 6. The maximum atomic E-state index is 13.6. The zero-order valence-electron chi connectivity index (χ0n) is 22.4. The van der Waals surface area contributed by atoms with Crippen LogP contribution in [0.25, 0.3) is 16.6 Å². The summed E-state index contributed by atoms with van der Waals surface area (Å²) in [4.78, 5) is 18.7. The summed E-state index contributed by atoms with van der Waals surface area (Å²) in [6.07, 6.45) is 3.92. The van der Waals surface area contributed by atoms with Crippen molar-refractivity contribution in [3.05, 3.63) is 89.9 Å². The molecule has 4 heterocycles. The molecule has 1 saturated carbocycles. The number of piperidine rings is 1. The number of nitrogens with zero attached hydrogens (tertiary/aromatic N) is 7. The normalized spacial score (nSPS) is 21.9. The van der Waals surface area contributed by atoms with E-state index in [-0.39, 0.29) is 41.6 Å². The first-order chi connectivity index (χ1) is 20.1. The van der Waals surface area contributed by atoms with Crippen LogP contribution in [0.2, 0.25) is 0 Å². The summed E-state index contributed by atoms with van der Waals surface area (Å²) in [5.74, 6) is -1.87. The Balaban J connectivity index is 1.28. The van der Waals surface area contributed by atoms with E-state index in [0.29, 0.717) is 5.69 Å². The summed E-state index contributed by atoms with van der Waals surface area (Å²) in [7, 11) is -2.43. The van der Waals surface area contributed by atoms with Gasteiger partial charge < -0.3 is 5.32 Å². The highest BCUT2D eigenvalue weighted by Gasteiger charge is 2.74. The standard InChI is InChI=1S/C28H24F2N8O3S/c1-16-9-23-17(11-33-38(23)20-6-3-18(29)4-7-20)10-21(16)28-15-37(42(40,41)25-13-32-36(2)35-25)14-22(28)26(28)27(39)34-24-8-5-19(30)12-31-24/h3-13,22,26H,14-15H2,1-2H3,(H,31,34,39)/t22-,26+,28+/m1/s1. The van der Waals surface area contributed by atoms with Gasteiger partial charge in [0.2, 0.25) is 10.9 Å². The molecule has 2 fully saturated rings. The molecular formula is C28H24F2N8O3S. The molecule has 0 unspecified atom stereocenters. The molecule has 7 rings (SSSR count). The summed E-state index contributed by atoms with van der Waals surface area (Å²) in [6, 6.07) is 12.5. The van der Waals surface area contributed by atoms with Crippen LogP contribution in [0.3, 0.4) is 0 Å². The molecule has 2 aromatic carbocycles. The fraction of sp³-hybridized carbons (Fsp3) is 0.250. The second kappa shape index (κ2) is 9.22.